The molecular weight excluding hydrogens is 306 g/mol. The van der Waals surface area contributed by atoms with Crippen LogP contribution in [-0.2, 0) is 6.54 Å². The van der Waals surface area contributed by atoms with Crippen molar-refractivity contribution in [3.63, 3.8) is 0 Å². The molecule has 0 aliphatic heterocycles. The molecule has 0 saturated heterocycles. The van der Waals surface area contributed by atoms with Crippen LogP contribution >= 0.6 is 0 Å². The number of benzene rings is 2. The average Bonchev–Trinajstić information content (AvgIpc) is 2.64. The fraction of sp³-hybridized carbons (Fsp3) is 0.368. The van der Waals surface area contributed by atoms with Gasteiger partial charge < -0.3 is 24.3 Å². The van der Waals surface area contributed by atoms with Crippen molar-refractivity contribution in [2.24, 2.45) is 0 Å². The third kappa shape index (κ3) is 3.92. The highest BCUT2D eigenvalue weighted by Gasteiger charge is 2.15. The second-order valence-corrected chi connectivity index (χ2v) is 5.36. The Morgan fingerprint density at radius 2 is 1.62 bits per heavy atom. The maximum atomic E-state index is 5.48. The molecular formula is C19H25NO4. The van der Waals surface area contributed by atoms with Crippen LogP contribution < -0.4 is 24.3 Å². The molecule has 5 nitrogen and oxygen atoms in total. The summed E-state index contributed by atoms with van der Waals surface area (Å²) in [5.74, 6) is 3.10. The van der Waals surface area contributed by atoms with Crippen LogP contribution in [0.2, 0.25) is 0 Å². The quantitative estimate of drug-likeness (QED) is 0.801. The zero-order valence-corrected chi connectivity index (χ0v) is 14.9. The molecule has 1 N–H and O–H groups in total. The second-order valence-electron chi connectivity index (χ2n) is 5.36. The maximum Gasteiger partial charge on any atom is 0.165 e. The third-order valence-electron chi connectivity index (χ3n) is 3.99. The van der Waals surface area contributed by atoms with Crippen LogP contribution in [0.15, 0.2) is 36.4 Å². The van der Waals surface area contributed by atoms with E-state index in [9.17, 15) is 0 Å². The molecule has 1 atom stereocenters. The first-order valence-corrected chi connectivity index (χ1v) is 7.79. The Hall–Kier alpha value is -2.40. The zero-order chi connectivity index (χ0) is 17.5. The van der Waals surface area contributed by atoms with Gasteiger partial charge in [0, 0.05) is 23.7 Å². The monoisotopic (exact) mass is 331 g/mol. The molecule has 24 heavy (non-hydrogen) atoms. The van der Waals surface area contributed by atoms with Crippen molar-refractivity contribution in [2.45, 2.75) is 19.5 Å². The summed E-state index contributed by atoms with van der Waals surface area (Å²) in [5, 5.41) is 3.50. The van der Waals surface area contributed by atoms with Crippen molar-refractivity contribution in [3.05, 3.63) is 47.5 Å². The second kappa shape index (κ2) is 8.45. The van der Waals surface area contributed by atoms with Crippen LogP contribution in [0, 0.1) is 0 Å². The molecule has 1 unspecified atom stereocenters. The summed E-state index contributed by atoms with van der Waals surface area (Å²) in [5.41, 5.74) is 2.07. The lowest BCUT2D eigenvalue weighted by molar-refractivity contribution is 0.349. The number of methoxy groups -OCH3 is 4. The Kier molecular flexibility index (Phi) is 6.32. The first kappa shape index (κ1) is 17.9. The Labute approximate surface area is 143 Å². The molecule has 2 aromatic carbocycles. The predicted molar refractivity (Wildman–Crippen MR) is 94.3 cm³/mol. The van der Waals surface area contributed by atoms with Crippen LogP contribution in [0.1, 0.15) is 24.1 Å². The van der Waals surface area contributed by atoms with Gasteiger partial charge in [0.05, 0.1) is 28.4 Å². The van der Waals surface area contributed by atoms with E-state index >= 15 is 0 Å². The van der Waals surface area contributed by atoms with Gasteiger partial charge in [-0.15, -0.1) is 0 Å². The maximum absolute atomic E-state index is 5.48. The minimum absolute atomic E-state index is 0.0750. The van der Waals surface area contributed by atoms with Gasteiger partial charge in [-0.3, -0.25) is 0 Å². The molecule has 0 spiro atoms. The van der Waals surface area contributed by atoms with Crippen LogP contribution in [0.3, 0.4) is 0 Å². The highest BCUT2D eigenvalue weighted by atomic mass is 16.5. The van der Waals surface area contributed by atoms with Crippen LogP contribution in [-0.4, -0.2) is 28.4 Å². The third-order valence-corrected chi connectivity index (χ3v) is 3.99. The van der Waals surface area contributed by atoms with Crippen molar-refractivity contribution < 1.29 is 18.9 Å². The molecule has 2 aromatic rings. The summed E-state index contributed by atoms with van der Waals surface area (Å²) in [6, 6.07) is 11.7. The summed E-state index contributed by atoms with van der Waals surface area (Å²) < 4.78 is 21.6. The fourth-order valence-corrected chi connectivity index (χ4v) is 2.64. The average molecular weight is 331 g/mol. The van der Waals surface area contributed by atoms with E-state index in [-0.39, 0.29) is 6.04 Å². The van der Waals surface area contributed by atoms with Crippen LogP contribution in [0.4, 0.5) is 0 Å². The van der Waals surface area contributed by atoms with Gasteiger partial charge in [0.25, 0.3) is 0 Å². The van der Waals surface area contributed by atoms with E-state index in [1.165, 1.54) is 0 Å². The van der Waals surface area contributed by atoms with Gasteiger partial charge in [-0.25, -0.2) is 0 Å². The standard InChI is InChI=1S/C19H25NO4/c1-13(16-11-15(21-2)9-10-17(16)22-3)20-12-14-7-6-8-18(23-4)19(14)24-5/h6-11,13,20H,12H2,1-5H3. The number of para-hydroxylation sites is 1. The normalized spacial score (nSPS) is 11.7. The first-order chi connectivity index (χ1) is 11.6. The van der Waals surface area contributed by atoms with Gasteiger partial charge >= 0.3 is 0 Å². The Balaban J connectivity index is 2.18. The molecule has 0 aliphatic rings. The van der Waals surface area contributed by atoms with E-state index in [0.717, 1.165) is 34.1 Å². The molecule has 130 valence electrons. The van der Waals surface area contributed by atoms with Gasteiger partial charge in [-0.05, 0) is 31.2 Å². The molecule has 0 heterocycles. The number of ether oxygens (including phenoxy) is 4. The number of nitrogens with one attached hydrogen (secondary N) is 1. The summed E-state index contributed by atoms with van der Waals surface area (Å²) >= 11 is 0. The molecule has 5 heteroatoms. The smallest absolute Gasteiger partial charge is 0.165 e. The highest BCUT2D eigenvalue weighted by Crippen LogP contribution is 2.32. The van der Waals surface area contributed by atoms with Crippen molar-refractivity contribution in [1.29, 1.82) is 0 Å². The Morgan fingerprint density at radius 1 is 0.875 bits per heavy atom. The summed E-state index contributed by atoms with van der Waals surface area (Å²) in [6.45, 7) is 2.73. The predicted octanol–water partition coefficient (Wildman–Crippen LogP) is 3.57. The molecule has 0 fully saturated rings. The number of hydrogen-bond donors (Lipinski definition) is 1. The molecule has 2 rings (SSSR count). The lowest BCUT2D eigenvalue weighted by Gasteiger charge is -2.19. The highest BCUT2D eigenvalue weighted by molar-refractivity contribution is 5.47. The van der Waals surface area contributed by atoms with Crippen molar-refractivity contribution in [1.82, 2.24) is 5.32 Å². The van der Waals surface area contributed by atoms with Crippen molar-refractivity contribution >= 4 is 0 Å². The molecule has 0 aliphatic carbocycles. The SMILES string of the molecule is COc1ccc(OC)c(C(C)NCc2cccc(OC)c2OC)c1. The molecule has 0 radical (unpaired) electrons. The van der Waals surface area contributed by atoms with Gasteiger partial charge in [0.15, 0.2) is 11.5 Å². The first-order valence-electron chi connectivity index (χ1n) is 7.79. The zero-order valence-electron chi connectivity index (χ0n) is 14.9. The Bertz CT molecular complexity index is 672. The van der Waals surface area contributed by atoms with E-state index in [0.29, 0.717) is 6.54 Å². The summed E-state index contributed by atoms with van der Waals surface area (Å²) in [4.78, 5) is 0. The van der Waals surface area contributed by atoms with E-state index in [4.69, 9.17) is 18.9 Å². The largest absolute Gasteiger partial charge is 0.497 e. The molecule has 0 bridgehead atoms. The molecule has 0 saturated carbocycles. The van der Waals surface area contributed by atoms with Crippen LogP contribution in [0.25, 0.3) is 0 Å². The minimum Gasteiger partial charge on any atom is -0.497 e. The van der Waals surface area contributed by atoms with Gasteiger partial charge in [0.1, 0.15) is 11.5 Å². The lowest BCUT2D eigenvalue weighted by Crippen LogP contribution is -2.19. The molecule has 0 aromatic heterocycles. The van der Waals surface area contributed by atoms with Crippen molar-refractivity contribution in [2.75, 3.05) is 28.4 Å². The fourth-order valence-electron chi connectivity index (χ4n) is 2.64. The topological polar surface area (TPSA) is 49.0 Å². The van der Waals surface area contributed by atoms with Gasteiger partial charge in [-0.2, -0.15) is 0 Å². The summed E-state index contributed by atoms with van der Waals surface area (Å²) in [6.07, 6.45) is 0. The van der Waals surface area contributed by atoms with E-state index in [1.54, 1.807) is 28.4 Å². The Morgan fingerprint density at radius 3 is 2.25 bits per heavy atom. The van der Waals surface area contributed by atoms with E-state index in [1.807, 2.05) is 36.4 Å². The number of rotatable bonds is 8. The minimum atomic E-state index is 0.0750. The lowest BCUT2D eigenvalue weighted by atomic mass is 10.1. The van der Waals surface area contributed by atoms with E-state index < -0.39 is 0 Å². The molecule has 0 amide bonds. The summed E-state index contributed by atoms with van der Waals surface area (Å²) in [7, 11) is 6.61. The number of hydrogen-bond acceptors (Lipinski definition) is 5. The van der Waals surface area contributed by atoms with Crippen LogP contribution in [0.5, 0.6) is 23.0 Å². The van der Waals surface area contributed by atoms with E-state index in [2.05, 4.69) is 12.2 Å². The van der Waals surface area contributed by atoms with Gasteiger partial charge in [-0.1, -0.05) is 12.1 Å². The van der Waals surface area contributed by atoms with Crippen molar-refractivity contribution in [3.8, 4) is 23.0 Å². The van der Waals surface area contributed by atoms with Gasteiger partial charge in [0.2, 0.25) is 0 Å².